The molecule has 3 heteroatoms. The molecule has 1 heterocycles. The number of carbonyl (C=O) groups is 1. The highest BCUT2D eigenvalue weighted by Crippen LogP contribution is 2.12. The van der Waals surface area contributed by atoms with Crippen molar-refractivity contribution in [3.05, 3.63) is 29.1 Å². The summed E-state index contributed by atoms with van der Waals surface area (Å²) in [5, 5.41) is 0. The molecule has 0 aromatic carbocycles. The first-order chi connectivity index (χ1) is 7.54. The van der Waals surface area contributed by atoms with Gasteiger partial charge in [-0.1, -0.05) is 19.9 Å². The molecule has 0 saturated carbocycles. The normalized spacial score (nSPS) is 10.6. The van der Waals surface area contributed by atoms with Crippen LogP contribution in [0.15, 0.2) is 12.1 Å². The third kappa shape index (κ3) is 3.33. The Morgan fingerprint density at radius 1 is 1.44 bits per heavy atom. The van der Waals surface area contributed by atoms with E-state index in [1.807, 2.05) is 13.0 Å². The van der Waals surface area contributed by atoms with Crippen molar-refractivity contribution in [1.82, 2.24) is 4.98 Å². The number of aryl methyl sites for hydroxylation is 1. The van der Waals surface area contributed by atoms with Gasteiger partial charge < -0.3 is 4.74 Å². The van der Waals surface area contributed by atoms with E-state index in [0.29, 0.717) is 18.2 Å². The summed E-state index contributed by atoms with van der Waals surface area (Å²) in [5.74, 6) is 0.246. The van der Waals surface area contributed by atoms with Gasteiger partial charge in [0.15, 0.2) is 0 Å². The van der Waals surface area contributed by atoms with Gasteiger partial charge in [-0.3, -0.25) is 0 Å². The van der Waals surface area contributed by atoms with E-state index in [4.69, 9.17) is 4.74 Å². The van der Waals surface area contributed by atoms with E-state index in [1.54, 1.807) is 13.0 Å². The minimum Gasteiger partial charge on any atom is -0.461 e. The first-order valence-corrected chi connectivity index (χ1v) is 5.68. The highest BCUT2D eigenvalue weighted by Gasteiger charge is 2.10. The summed E-state index contributed by atoms with van der Waals surface area (Å²) in [7, 11) is 0. The van der Waals surface area contributed by atoms with Crippen molar-refractivity contribution in [2.75, 3.05) is 6.61 Å². The Morgan fingerprint density at radius 2 is 2.12 bits per heavy atom. The smallest absolute Gasteiger partial charge is 0.356 e. The van der Waals surface area contributed by atoms with E-state index >= 15 is 0 Å². The summed E-state index contributed by atoms with van der Waals surface area (Å²) < 4.78 is 4.90. The molecular weight excluding hydrogens is 202 g/mol. The Balaban J connectivity index is 2.86. The molecule has 16 heavy (non-hydrogen) atoms. The van der Waals surface area contributed by atoms with Crippen LogP contribution in [0.2, 0.25) is 0 Å². The van der Waals surface area contributed by atoms with Gasteiger partial charge in [-0.05, 0) is 37.8 Å². The van der Waals surface area contributed by atoms with Crippen LogP contribution in [0.4, 0.5) is 0 Å². The second kappa shape index (κ2) is 5.64. The van der Waals surface area contributed by atoms with Crippen molar-refractivity contribution in [2.24, 2.45) is 5.92 Å². The first-order valence-electron chi connectivity index (χ1n) is 5.68. The van der Waals surface area contributed by atoms with Crippen LogP contribution in [0.1, 0.15) is 42.5 Å². The zero-order valence-electron chi connectivity index (χ0n) is 10.4. The van der Waals surface area contributed by atoms with Crippen LogP contribution in [0, 0.1) is 12.8 Å². The largest absolute Gasteiger partial charge is 0.461 e. The Bertz CT molecular complexity index is 372. The van der Waals surface area contributed by atoms with E-state index in [1.165, 1.54) is 5.56 Å². The van der Waals surface area contributed by atoms with Gasteiger partial charge >= 0.3 is 5.97 Å². The van der Waals surface area contributed by atoms with Gasteiger partial charge in [-0.25, -0.2) is 9.78 Å². The van der Waals surface area contributed by atoms with Gasteiger partial charge in [0.25, 0.3) is 0 Å². The van der Waals surface area contributed by atoms with E-state index in [9.17, 15) is 4.79 Å². The Hall–Kier alpha value is -1.38. The maximum Gasteiger partial charge on any atom is 0.356 e. The summed E-state index contributed by atoms with van der Waals surface area (Å²) in [5.41, 5.74) is 2.51. The molecule has 0 amide bonds. The van der Waals surface area contributed by atoms with E-state index in [2.05, 4.69) is 18.8 Å². The molecule has 0 radical (unpaired) electrons. The highest BCUT2D eigenvalue weighted by atomic mass is 16.5. The molecule has 0 N–H and O–H groups in total. The lowest BCUT2D eigenvalue weighted by Gasteiger charge is -2.09. The standard InChI is InChI=1S/C13H19NO2/c1-5-16-13(15)12-7-6-11(8-9(2)3)10(4)14-12/h6-7,9H,5,8H2,1-4H3. The Labute approximate surface area is 96.8 Å². The number of hydrogen-bond acceptors (Lipinski definition) is 3. The summed E-state index contributed by atoms with van der Waals surface area (Å²) in [6, 6.07) is 3.71. The van der Waals surface area contributed by atoms with Crippen LogP contribution in [0.25, 0.3) is 0 Å². The van der Waals surface area contributed by atoms with Crippen LogP contribution in [0.3, 0.4) is 0 Å². The van der Waals surface area contributed by atoms with Crippen LogP contribution >= 0.6 is 0 Å². The van der Waals surface area contributed by atoms with Crippen LogP contribution < -0.4 is 0 Å². The summed E-state index contributed by atoms with van der Waals surface area (Å²) in [4.78, 5) is 15.7. The monoisotopic (exact) mass is 221 g/mol. The van der Waals surface area contributed by atoms with Crippen LogP contribution in [0.5, 0.6) is 0 Å². The highest BCUT2D eigenvalue weighted by molar-refractivity contribution is 5.87. The lowest BCUT2D eigenvalue weighted by molar-refractivity contribution is 0.0519. The number of esters is 1. The molecule has 3 nitrogen and oxygen atoms in total. The second-order valence-electron chi connectivity index (χ2n) is 4.26. The van der Waals surface area contributed by atoms with Crippen molar-refractivity contribution in [3.63, 3.8) is 0 Å². The van der Waals surface area contributed by atoms with Crippen LogP contribution in [-0.4, -0.2) is 17.6 Å². The molecule has 1 aromatic heterocycles. The van der Waals surface area contributed by atoms with Crippen molar-refractivity contribution in [1.29, 1.82) is 0 Å². The molecule has 0 spiro atoms. The average molecular weight is 221 g/mol. The fourth-order valence-electron chi connectivity index (χ4n) is 1.56. The second-order valence-corrected chi connectivity index (χ2v) is 4.26. The summed E-state index contributed by atoms with van der Waals surface area (Å²) in [6.45, 7) is 8.43. The van der Waals surface area contributed by atoms with Crippen molar-refractivity contribution in [2.45, 2.75) is 34.1 Å². The third-order valence-corrected chi connectivity index (χ3v) is 2.31. The average Bonchev–Trinajstić information content (AvgIpc) is 2.20. The van der Waals surface area contributed by atoms with Gasteiger partial charge in [0.2, 0.25) is 0 Å². The molecular formula is C13H19NO2. The minimum absolute atomic E-state index is 0.346. The van der Waals surface area contributed by atoms with Gasteiger partial charge in [0.1, 0.15) is 5.69 Å². The zero-order valence-corrected chi connectivity index (χ0v) is 10.4. The fourth-order valence-corrected chi connectivity index (χ4v) is 1.56. The lowest BCUT2D eigenvalue weighted by Crippen LogP contribution is -2.09. The van der Waals surface area contributed by atoms with Crippen molar-refractivity contribution in [3.8, 4) is 0 Å². The van der Waals surface area contributed by atoms with Gasteiger partial charge in [0, 0.05) is 5.69 Å². The molecule has 0 saturated heterocycles. The topological polar surface area (TPSA) is 39.2 Å². The molecule has 1 rings (SSSR count). The molecule has 0 bridgehead atoms. The quantitative estimate of drug-likeness (QED) is 0.734. The van der Waals surface area contributed by atoms with Crippen LogP contribution in [-0.2, 0) is 11.2 Å². The van der Waals surface area contributed by atoms with Gasteiger partial charge in [-0.15, -0.1) is 0 Å². The van der Waals surface area contributed by atoms with Crippen molar-refractivity contribution >= 4 is 5.97 Å². The summed E-state index contributed by atoms with van der Waals surface area (Å²) >= 11 is 0. The molecule has 0 unspecified atom stereocenters. The number of nitrogens with zero attached hydrogens (tertiary/aromatic N) is 1. The molecule has 0 atom stereocenters. The Morgan fingerprint density at radius 3 is 2.62 bits per heavy atom. The zero-order chi connectivity index (χ0) is 12.1. The molecule has 88 valence electrons. The fraction of sp³-hybridized carbons (Fsp3) is 0.538. The van der Waals surface area contributed by atoms with E-state index < -0.39 is 0 Å². The minimum atomic E-state index is -0.346. The number of hydrogen-bond donors (Lipinski definition) is 0. The predicted molar refractivity (Wildman–Crippen MR) is 63.5 cm³/mol. The Kier molecular flexibility index (Phi) is 4.47. The lowest BCUT2D eigenvalue weighted by atomic mass is 10.0. The predicted octanol–water partition coefficient (Wildman–Crippen LogP) is 2.77. The van der Waals surface area contributed by atoms with E-state index in [-0.39, 0.29) is 5.97 Å². The number of rotatable bonds is 4. The number of aromatic nitrogens is 1. The number of pyridine rings is 1. The SMILES string of the molecule is CCOC(=O)c1ccc(CC(C)C)c(C)n1. The van der Waals surface area contributed by atoms with Gasteiger partial charge in [0.05, 0.1) is 6.61 Å². The summed E-state index contributed by atoms with van der Waals surface area (Å²) in [6.07, 6.45) is 0.988. The maximum absolute atomic E-state index is 11.4. The molecule has 0 aliphatic heterocycles. The number of carbonyl (C=O) groups excluding carboxylic acids is 1. The number of ether oxygens (including phenoxy) is 1. The maximum atomic E-state index is 11.4. The first kappa shape index (κ1) is 12.7. The van der Waals surface area contributed by atoms with Crippen molar-refractivity contribution < 1.29 is 9.53 Å². The molecule has 1 aromatic rings. The van der Waals surface area contributed by atoms with E-state index in [0.717, 1.165) is 12.1 Å². The molecule has 0 fully saturated rings. The third-order valence-electron chi connectivity index (χ3n) is 2.31. The van der Waals surface area contributed by atoms with Gasteiger partial charge in [-0.2, -0.15) is 0 Å². The molecule has 0 aliphatic carbocycles. The molecule has 0 aliphatic rings.